The molecular weight excluding hydrogens is 200 g/mol. The van der Waals surface area contributed by atoms with E-state index in [0.717, 1.165) is 17.9 Å². The maximum atomic E-state index is 4.00. The zero-order chi connectivity index (χ0) is 11.2. The number of para-hydroxylation sites is 2. The van der Waals surface area contributed by atoms with Gasteiger partial charge in [0, 0.05) is 6.54 Å². The Balaban J connectivity index is 2.18. The molecule has 1 N–H and O–H groups in total. The number of hydrogen-bond donors (Lipinski definition) is 1. The highest BCUT2D eigenvalue weighted by Crippen LogP contribution is 2.18. The number of anilines is 1. The fourth-order valence-electron chi connectivity index (χ4n) is 1.56. The summed E-state index contributed by atoms with van der Waals surface area (Å²) in [6.45, 7) is 3.17. The molecular formula is C12H16N4. The number of nitrogens with zero attached hydrogens (tertiary/aromatic N) is 3. The number of nitrogens with one attached hydrogen (secondary N) is 1. The summed E-state index contributed by atoms with van der Waals surface area (Å²) in [5.74, 6) is 0. The SMILES string of the molecule is CCCCNc1ccccc1-n1ccnn1. The first kappa shape index (κ1) is 10.7. The van der Waals surface area contributed by atoms with Crippen molar-refractivity contribution < 1.29 is 0 Å². The van der Waals surface area contributed by atoms with Crippen molar-refractivity contribution in [2.45, 2.75) is 19.8 Å². The van der Waals surface area contributed by atoms with Crippen molar-refractivity contribution in [2.75, 3.05) is 11.9 Å². The summed E-state index contributed by atoms with van der Waals surface area (Å²) >= 11 is 0. The second-order valence-corrected chi connectivity index (χ2v) is 3.65. The lowest BCUT2D eigenvalue weighted by molar-refractivity contribution is 0.798. The van der Waals surface area contributed by atoms with Crippen LogP contribution in [0.4, 0.5) is 5.69 Å². The molecule has 0 aliphatic carbocycles. The van der Waals surface area contributed by atoms with Crippen molar-refractivity contribution in [1.29, 1.82) is 0 Å². The van der Waals surface area contributed by atoms with Gasteiger partial charge in [-0.1, -0.05) is 30.7 Å². The molecule has 0 unspecified atom stereocenters. The Labute approximate surface area is 95.3 Å². The van der Waals surface area contributed by atoms with Gasteiger partial charge in [0.05, 0.1) is 23.8 Å². The highest BCUT2D eigenvalue weighted by Gasteiger charge is 2.03. The van der Waals surface area contributed by atoms with E-state index in [0.29, 0.717) is 0 Å². The van der Waals surface area contributed by atoms with E-state index < -0.39 is 0 Å². The Bertz CT molecular complexity index is 422. The molecule has 4 nitrogen and oxygen atoms in total. The Morgan fingerprint density at radius 3 is 2.94 bits per heavy atom. The Kier molecular flexibility index (Phi) is 3.53. The smallest absolute Gasteiger partial charge is 0.0894 e. The third-order valence-electron chi connectivity index (χ3n) is 2.42. The van der Waals surface area contributed by atoms with Crippen LogP contribution in [0.25, 0.3) is 5.69 Å². The van der Waals surface area contributed by atoms with Gasteiger partial charge in [0.2, 0.25) is 0 Å². The van der Waals surface area contributed by atoms with E-state index in [-0.39, 0.29) is 0 Å². The molecule has 2 aromatic rings. The van der Waals surface area contributed by atoms with Crippen LogP contribution in [0.15, 0.2) is 36.7 Å². The minimum atomic E-state index is 0.988. The topological polar surface area (TPSA) is 42.7 Å². The van der Waals surface area contributed by atoms with Crippen LogP contribution in [0, 0.1) is 0 Å². The zero-order valence-corrected chi connectivity index (χ0v) is 9.43. The number of aromatic nitrogens is 3. The number of hydrogen-bond acceptors (Lipinski definition) is 3. The van der Waals surface area contributed by atoms with Gasteiger partial charge in [-0.25, -0.2) is 4.68 Å². The average molecular weight is 216 g/mol. The molecule has 4 heteroatoms. The molecule has 1 heterocycles. The van der Waals surface area contributed by atoms with Gasteiger partial charge in [0.25, 0.3) is 0 Å². The quantitative estimate of drug-likeness (QED) is 0.781. The normalized spacial score (nSPS) is 10.3. The highest BCUT2D eigenvalue weighted by molar-refractivity contribution is 5.60. The average Bonchev–Trinajstić information content (AvgIpc) is 2.83. The largest absolute Gasteiger partial charge is 0.383 e. The first-order valence-electron chi connectivity index (χ1n) is 5.61. The third-order valence-corrected chi connectivity index (χ3v) is 2.42. The predicted octanol–water partition coefficient (Wildman–Crippen LogP) is 2.48. The predicted molar refractivity (Wildman–Crippen MR) is 64.8 cm³/mol. The van der Waals surface area contributed by atoms with Gasteiger partial charge in [-0.2, -0.15) is 0 Å². The van der Waals surface area contributed by atoms with E-state index >= 15 is 0 Å². The molecule has 16 heavy (non-hydrogen) atoms. The summed E-state index contributed by atoms with van der Waals surface area (Å²) in [6, 6.07) is 8.12. The molecule has 0 saturated carbocycles. The van der Waals surface area contributed by atoms with Crippen molar-refractivity contribution in [3.63, 3.8) is 0 Å². The standard InChI is InChI=1S/C12H16N4/c1-2-3-8-13-11-6-4-5-7-12(11)16-10-9-14-15-16/h4-7,9-10,13H,2-3,8H2,1H3. The Hall–Kier alpha value is -1.84. The number of rotatable bonds is 5. The molecule has 0 atom stereocenters. The van der Waals surface area contributed by atoms with Crippen molar-refractivity contribution in [1.82, 2.24) is 15.0 Å². The molecule has 2 rings (SSSR count). The van der Waals surface area contributed by atoms with Crippen LogP contribution in [0.5, 0.6) is 0 Å². The van der Waals surface area contributed by atoms with Gasteiger partial charge in [-0.15, -0.1) is 5.10 Å². The number of benzene rings is 1. The van der Waals surface area contributed by atoms with Crippen LogP contribution >= 0.6 is 0 Å². The van der Waals surface area contributed by atoms with E-state index in [9.17, 15) is 0 Å². The monoisotopic (exact) mass is 216 g/mol. The Morgan fingerprint density at radius 2 is 2.19 bits per heavy atom. The first-order valence-corrected chi connectivity index (χ1v) is 5.61. The third kappa shape index (κ3) is 2.39. The second kappa shape index (κ2) is 5.30. The molecule has 0 aliphatic heterocycles. The van der Waals surface area contributed by atoms with Crippen molar-refractivity contribution >= 4 is 5.69 Å². The van der Waals surface area contributed by atoms with Crippen LogP contribution in [-0.4, -0.2) is 21.5 Å². The maximum absolute atomic E-state index is 4.00. The molecule has 1 aromatic carbocycles. The van der Waals surface area contributed by atoms with E-state index in [1.165, 1.54) is 12.8 Å². The lowest BCUT2D eigenvalue weighted by Gasteiger charge is -2.10. The lowest BCUT2D eigenvalue weighted by atomic mass is 10.2. The summed E-state index contributed by atoms with van der Waals surface area (Å²) in [5.41, 5.74) is 2.14. The Morgan fingerprint density at radius 1 is 1.31 bits per heavy atom. The second-order valence-electron chi connectivity index (χ2n) is 3.65. The molecule has 0 saturated heterocycles. The molecule has 0 spiro atoms. The van der Waals surface area contributed by atoms with Crippen molar-refractivity contribution in [3.05, 3.63) is 36.7 Å². The van der Waals surface area contributed by atoms with Gasteiger partial charge in [0.15, 0.2) is 0 Å². The van der Waals surface area contributed by atoms with Gasteiger partial charge >= 0.3 is 0 Å². The maximum Gasteiger partial charge on any atom is 0.0894 e. The minimum Gasteiger partial charge on any atom is -0.383 e. The molecule has 0 aliphatic rings. The zero-order valence-electron chi connectivity index (χ0n) is 9.43. The van der Waals surface area contributed by atoms with Crippen molar-refractivity contribution in [3.8, 4) is 5.69 Å². The molecule has 0 bridgehead atoms. The van der Waals surface area contributed by atoms with Gasteiger partial charge in [-0.3, -0.25) is 0 Å². The summed E-state index contributed by atoms with van der Waals surface area (Å²) in [6.07, 6.45) is 5.90. The van der Waals surface area contributed by atoms with Crippen molar-refractivity contribution in [2.24, 2.45) is 0 Å². The minimum absolute atomic E-state index is 0.988. The number of unbranched alkanes of at least 4 members (excludes halogenated alkanes) is 1. The molecule has 0 amide bonds. The highest BCUT2D eigenvalue weighted by atomic mass is 15.4. The first-order chi connectivity index (χ1) is 7.92. The van der Waals surface area contributed by atoms with E-state index in [4.69, 9.17) is 0 Å². The summed E-state index contributed by atoms with van der Waals surface area (Å²) in [7, 11) is 0. The van der Waals surface area contributed by atoms with Gasteiger partial charge in [0.1, 0.15) is 0 Å². The van der Waals surface area contributed by atoms with E-state index in [2.05, 4.69) is 28.6 Å². The van der Waals surface area contributed by atoms with Crippen LogP contribution in [0.1, 0.15) is 19.8 Å². The summed E-state index contributed by atoms with van der Waals surface area (Å²) in [4.78, 5) is 0. The van der Waals surface area contributed by atoms with Crippen LogP contribution < -0.4 is 5.32 Å². The molecule has 0 fully saturated rings. The lowest BCUT2D eigenvalue weighted by Crippen LogP contribution is -2.06. The molecule has 84 valence electrons. The van der Waals surface area contributed by atoms with Gasteiger partial charge in [-0.05, 0) is 18.6 Å². The van der Waals surface area contributed by atoms with Crippen LogP contribution in [0.2, 0.25) is 0 Å². The molecule has 0 radical (unpaired) electrons. The van der Waals surface area contributed by atoms with Crippen LogP contribution in [0.3, 0.4) is 0 Å². The summed E-state index contributed by atoms with van der Waals surface area (Å²) in [5, 5.41) is 11.2. The fourth-order valence-corrected chi connectivity index (χ4v) is 1.56. The summed E-state index contributed by atoms with van der Waals surface area (Å²) < 4.78 is 1.77. The van der Waals surface area contributed by atoms with Crippen LogP contribution in [-0.2, 0) is 0 Å². The fraction of sp³-hybridized carbons (Fsp3) is 0.333. The molecule has 1 aromatic heterocycles. The van der Waals surface area contributed by atoms with Gasteiger partial charge < -0.3 is 5.32 Å². The van der Waals surface area contributed by atoms with E-state index in [1.807, 2.05) is 24.4 Å². The van der Waals surface area contributed by atoms with E-state index in [1.54, 1.807) is 10.9 Å².